The second-order valence-corrected chi connectivity index (χ2v) is 3.79. The van der Waals surface area contributed by atoms with Gasteiger partial charge in [0.25, 0.3) is 0 Å². The minimum absolute atomic E-state index is 0.653. The van der Waals surface area contributed by atoms with Crippen molar-refractivity contribution >= 4 is 11.8 Å². The van der Waals surface area contributed by atoms with Crippen LogP contribution in [-0.2, 0) is 6.42 Å². The molecule has 94 valence electrons. The van der Waals surface area contributed by atoms with Gasteiger partial charge in [0.1, 0.15) is 5.82 Å². The fourth-order valence-corrected chi connectivity index (χ4v) is 1.57. The first-order valence-corrected chi connectivity index (χ1v) is 6.09. The van der Waals surface area contributed by atoms with E-state index in [0.717, 1.165) is 31.0 Å². The molecule has 2 rings (SSSR count). The molecule has 0 spiro atoms. The molecular weight excluding hydrogens is 226 g/mol. The molecule has 2 N–H and O–H groups in total. The van der Waals surface area contributed by atoms with Gasteiger partial charge in [-0.2, -0.15) is 4.98 Å². The van der Waals surface area contributed by atoms with Gasteiger partial charge in [0.05, 0.1) is 0 Å². The second-order valence-electron chi connectivity index (χ2n) is 3.79. The van der Waals surface area contributed by atoms with E-state index in [1.54, 1.807) is 6.20 Å². The maximum Gasteiger partial charge on any atom is 0.224 e. The number of hydrogen-bond acceptors (Lipinski definition) is 5. The van der Waals surface area contributed by atoms with E-state index in [9.17, 15) is 0 Å². The molecule has 0 amide bonds. The summed E-state index contributed by atoms with van der Waals surface area (Å²) in [7, 11) is 0. The monoisotopic (exact) mass is 243 g/mol. The van der Waals surface area contributed by atoms with Crippen molar-refractivity contribution < 1.29 is 0 Å². The molecule has 0 unspecified atom stereocenters. The summed E-state index contributed by atoms with van der Waals surface area (Å²) in [6.07, 6.45) is 4.43. The Labute approximate surface area is 107 Å². The van der Waals surface area contributed by atoms with Crippen LogP contribution in [0.5, 0.6) is 0 Å². The van der Waals surface area contributed by atoms with Gasteiger partial charge < -0.3 is 10.6 Å². The van der Waals surface area contributed by atoms with Crippen LogP contribution in [0.4, 0.5) is 11.8 Å². The van der Waals surface area contributed by atoms with Gasteiger partial charge in [-0.15, -0.1) is 0 Å². The highest BCUT2D eigenvalue weighted by Crippen LogP contribution is 2.05. The summed E-state index contributed by atoms with van der Waals surface area (Å²) in [4.78, 5) is 12.7. The molecule has 2 aromatic heterocycles. The number of nitrogens with zero attached hydrogens (tertiary/aromatic N) is 3. The minimum Gasteiger partial charge on any atom is -0.370 e. The Morgan fingerprint density at radius 2 is 2.00 bits per heavy atom. The summed E-state index contributed by atoms with van der Waals surface area (Å²) in [6, 6.07) is 7.80. The fourth-order valence-electron chi connectivity index (χ4n) is 1.57. The van der Waals surface area contributed by atoms with Gasteiger partial charge in [-0.25, -0.2) is 4.98 Å². The summed E-state index contributed by atoms with van der Waals surface area (Å²) >= 11 is 0. The maximum absolute atomic E-state index is 4.34. The van der Waals surface area contributed by atoms with E-state index in [2.05, 4.69) is 25.6 Å². The first-order chi connectivity index (χ1) is 8.88. The van der Waals surface area contributed by atoms with Crippen molar-refractivity contribution in [1.82, 2.24) is 15.0 Å². The van der Waals surface area contributed by atoms with E-state index < -0.39 is 0 Å². The lowest BCUT2D eigenvalue weighted by Gasteiger charge is -2.07. The summed E-state index contributed by atoms with van der Waals surface area (Å²) in [5, 5.41) is 6.34. The van der Waals surface area contributed by atoms with Gasteiger partial charge in [-0.3, -0.25) is 4.98 Å². The van der Waals surface area contributed by atoms with Crippen LogP contribution >= 0.6 is 0 Å². The Hall–Kier alpha value is -2.17. The van der Waals surface area contributed by atoms with E-state index in [0.29, 0.717) is 5.95 Å². The van der Waals surface area contributed by atoms with E-state index >= 15 is 0 Å². The molecule has 18 heavy (non-hydrogen) atoms. The highest BCUT2D eigenvalue weighted by Gasteiger charge is 1.98. The van der Waals surface area contributed by atoms with Crippen LogP contribution in [0.3, 0.4) is 0 Å². The van der Waals surface area contributed by atoms with E-state index in [1.165, 1.54) is 0 Å². The molecule has 0 atom stereocenters. The molecule has 0 saturated heterocycles. The topological polar surface area (TPSA) is 62.7 Å². The quantitative estimate of drug-likeness (QED) is 0.812. The van der Waals surface area contributed by atoms with Crippen LogP contribution in [-0.4, -0.2) is 28.0 Å². The first-order valence-electron chi connectivity index (χ1n) is 6.09. The zero-order valence-electron chi connectivity index (χ0n) is 10.4. The Morgan fingerprint density at radius 1 is 1.06 bits per heavy atom. The van der Waals surface area contributed by atoms with Crippen molar-refractivity contribution in [3.05, 3.63) is 42.4 Å². The third-order valence-electron chi connectivity index (χ3n) is 2.40. The SMILES string of the molecule is CCNc1nccc(NCCc2ccccn2)n1. The second kappa shape index (κ2) is 6.54. The zero-order chi connectivity index (χ0) is 12.6. The van der Waals surface area contributed by atoms with Crippen molar-refractivity contribution in [3.8, 4) is 0 Å². The number of rotatable bonds is 6. The molecule has 0 aliphatic rings. The van der Waals surface area contributed by atoms with Crippen molar-refractivity contribution in [1.29, 1.82) is 0 Å². The molecule has 0 fully saturated rings. The summed E-state index contributed by atoms with van der Waals surface area (Å²) in [6.45, 7) is 3.64. The van der Waals surface area contributed by atoms with Crippen LogP contribution < -0.4 is 10.6 Å². The summed E-state index contributed by atoms with van der Waals surface area (Å²) in [5.41, 5.74) is 1.07. The number of aromatic nitrogens is 3. The summed E-state index contributed by atoms with van der Waals surface area (Å²) < 4.78 is 0. The largest absolute Gasteiger partial charge is 0.370 e. The zero-order valence-corrected chi connectivity index (χ0v) is 10.4. The fraction of sp³-hybridized carbons (Fsp3) is 0.308. The molecule has 2 aromatic rings. The Morgan fingerprint density at radius 3 is 2.78 bits per heavy atom. The summed E-state index contributed by atoms with van der Waals surface area (Å²) in [5.74, 6) is 1.48. The number of nitrogens with one attached hydrogen (secondary N) is 2. The Kier molecular flexibility index (Phi) is 4.46. The standard InChI is InChI=1S/C13H17N5/c1-2-14-13-17-10-7-12(18-13)16-9-6-11-5-3-4-8-15-11/h3-5,7-8,10H,2,6,9H2,1H3,(H2,14,16,17,18). The lowest BCUT2D eigenvalue weighted by Crippen LogP contribution is -2.09. The van der Waals surface area contributed by atoms with Gasteiger partial charge >= 0.3 is 0 Å². The molecule has 5 heteroatoms. The molecular formula is C13H17N5. The van der Waals surface area contributed by atoms with Crippen molar-refractivity contribution in [3.63, 3.8) is 0 Å². The number of hydrogen-bond donors (Lipinski definition) is 2. The van der Waals surface area contributed by atoms with Gasteiger partial charge in [0.2, 0.25) is 5.95 Å². The average molecular weight is 243 g/mol. The molecule has 0 aliphatic carbocycles. The number of pyridine rings is 1. The molecule has 0 aliphatic heterocycles. The molecule has 5 nitrogen and oxygen atoms in total. The molecule has 0 saturated carbocycles. The van der Waals surface area contributed by atoms with E-state index in [1.807, 2.05) is 37.4 Å². The predicted octanol–water partition coefficient (Wildman–Crippen LogP) is 1.96. The van der Waals surface area contributed by atoms with E-state index in [-0.39, 0.29) is 0 Å². The van der Waals surface area contributed by atoms with Gasteiger partial charge in [0.15, 0.2) is 0 Å². The van der Waals surface area contributed by atoms with Crippen molar-refractivity contribution in [2.24, 2.45) is 0 Å². The lowest BCUT2D eigenvalue weighted by atomic mass is 10.3. The normalized spacial score (nSPS) is 10.1. The van der Waals surface area contributed by atoms with Crippen LogP contribution in [0.2, 0.25) is 0 Å². The van der Waals surface area contributed by atoms with Crippen LogP contribution in [0.15, 0.2) is 36.7 Å². The van der Waals surface area contributed by atoms with Crippen LogP contribution in [0, 0.1) is 0 Å². The maximum atomic E-state index is 4.34. The third kappa shape index (κ3) is 3.69. The molecule has 0 bridgehead atoms. The highest BCUT2D eigenvalue weighted by atomic mass is 15.1. The third-order valence-corrected chi connectivity index (χ3v) is 2.40. The van der Waals surface area contributed by atoms with Gasteiger partial charge in [0, 0.05) is 37.6 Å². The van der Waals surface area contributed by atoms with Gasteiger partial charge in [-0.1, -0.05) is 6.07 Å². The Bertz CT molecular complexity index is 472. The molecule has 2 heterocycles. The minimum atomic E-state index is 0.653. The van der Waals surface area contributed by atoms with E-state index in [4.69, 9.17) is 0 Å². The molecule has 0 radical (unpaired) electrons. The predicted molar refractivity (Wildman–Crippen MR) is 72.6 cm³/mol. The van der Waals surface area contributed by atoms with Crippen LogP contribution in [0.25, 0.3) is 0 Å². The lowest BCUT2D eigenvalue weighted by molar-refractivity contribution is 0.950. The van der Waals surface area contributed by atoms with Crippen molar-refractivity contribution in [2.75, 3.05) is 23.7 Å². The average Bonchev–Trinajstić information content (AvgIpc) is 2.41. The Balaban J connectivity index is 1.84. The smallest absolute Gasteiger partial charge is 0.224 e. The first kappa shape index (κ1) is 12.3. The molecule has 0 aromatic carbocycles. The number of anilines is 2. The highest BCUT2D eigenvalue weighted by molar-refractivity contribution is 5.39. The van der Waals surface area contributed by atoms with Gasteiger partial charge in [-0.05, 0) is 25.1 Å². The van der Waals surface area contributed by atoms with Crippen LogP contribution in [0.1, 0.15) is 12.6 Å². The van der Waals surface area contributed by atoms with Crippen molar-refractivity contribution in [2.45, 2.75) is 13.3 Å².